The Morgan fingerprint density at radius 3 is 3.06 bits per heavy atom. The first-order valence-electron chi connectivity index (χ1n) is 5.54. The summed E-state index contributed by atoms with van der Waals surface area (Å²) >= 11 is 1.21. The van der Waals surface area contributed by atoms with Crippen molar-refractivity contribution in [3.05, 3.63) is 24.0 Å². The van der Waals surface area contributed by atoms with E-state index in [-0.39, 0.29) is 11.7 Å². The van der Waals surface area contributed by atoms with Crippen molar-refractivity contribution in [3.63, 3.8) is 0 Å². The molecule has 0 saturated heterocycles. The summed E-state index contributed by atoms with van der Waals surface area (Å²) in [5, 5.41) is 2.94. The van der Waals surface area contributed by atoms with Crippen LogP contribution in [0.5, 0.6) is 0 Å². The number of carbonyl (C=O) groups is 1. The molecular formula is C12H13FN2O2S. The lowest BCUT2D eigenvalue weighted by Crippen LogP contribution is -2.16. The third-order valence-corrected chi connectivity index (χ3v) is 3.04. The van der Waals surface area contributed by atoms with Crippen LogP contribution in [0.15, 0.2) is 18.2 Å². The van der Waals surface area contributed by atoms with Crippen LogP contribution in [0.3, 0.4) is 0 Å². The van der Waals surface area contributed by atoms with Crippen LogP contribution in [0.25, 0.3) is 10.2 Å². The van der Waals surface area contributed by atoms with Crippen LogP contribution in [0.1, 0.15) is 13.8 Å². The molecule has 2 aromatic rings. The second kappa shape index (κ2) is 5.30. The number of thiazole rings is 1. The summed E-state index contributed by atoms with van der Waals surface area (Å²) in [6.07, 6.45) is -0.539. The molecule has 1 aromatic heterocycles. The predicted octanol–water partition coefficient (Wildman–Crippen LogP) is 3.64. The lowest BCUT2D eigenvalue weighted by Gasteiger charge is -2.06. The molecule has 4 nitrogen and oxygen atoms in total. The molecule has 1 N–H and O–H groups in total. The first kappa shape index (κ1) is 12.8. The van der Waals surface area contributed by atoms with Gasteiger partial charge in [-0.1, -0.05) is 25.2 Å². The number of aromatic nitrogens is 1. The summed E-state index contributed by atoms with van der Waals surface area (Å²) in [5.74, 6) is -0.0414. The number of rotatable bonds is 3. The fraction of sp³-hybridized carbons (Fsp3) is 0.333. The quantitative estimate of drug-likeness (QED) is 0.924. The van der Waals surface area contributed by atoms with Gasteiger partial charge in [-0.3, -0.25) is 5.32 Å². The van der Waals surface area contributed by atoms with Crippen LogP contribution in [-0.2, 0) is 4.74 Å². The molecular weight excluding hydrogens is 255 g/mol. The van der Waals surface area contributed by atoms with E-state index in [1.54, 1.807) is 6.07 Å². The van der Waals surface area contributed by atoms with E-state index in [9.17, 15) is 9.18 Å². The number of fused-ring (bicyclic) bond motifs is 1. The molecule has 2 rings (SSSR count). The zero-order chi connectivity index (χ0) is 13.1. The van der Waals surface area contributed by atoms with Crippen LogP contribution >= 0.6 is 11.3 Å². The number of ether oxygens (including phenoxy) is 1. The maximum atomic E-state index is 13.0. The van der Waals surface area contributed by atoms with Gasteiger partial charge in [-0.05, 0) is 24.1 Å². The fourth-order valence-electron chi connectivity index (χ4n) is 1.32. The van der Waals surface area contributed by atoms with Gasteiger partial charge in [0.1, 0.15) is 5.82 Å². The summed E-state index contributed by atoms with van der Waals surface area (Å²) in [5.41, 5.74) is 0.653. The predicted molar refractivity (Wildman–Crippen MR) is 69.4 cm³/mol. The van der Waals surface area contributed by atoms with E-state index in [4.69, 9.17) is 4.74 Å². The van der Waals surface area contributed by atoms with E-state index in [0.717, 1.165) is 0 Å². The van der Waals surface area contributed by atoms with Crippen molar-refractivity contribution in [1.82, 2.24) is 4.98 Å². The Bertz CT molecular complexity index is 568. The first-order valence-corrected chi connectivity index (χ1v) is 6.36. The van der Waals surface area contributed by atoms with Gasteiger partial charge in [-0.15, -0.1) is 0 Å². The minimum Gasteiger partial charge on any atom is -0.449 e. The van der Waals surface area contributed by atoms with Gasteiger partial charge < -0.3 is 4.74 Å². The zero-order valence-electron chi connectivity index (χ0n) is 10.1. The third kappa shape index (κ3) is 3.16. The SMILES string of the molecule is CC(C)COC(=O)Nc1nc2ccc(F)cc2s1. The highest BCUT2D eigenvalue weighted by Crippen LogP contribution is 2.26. The molecule has 0 atom stereocenters. The Balaban J connectivity index is 2.05. The summed E-state index contributed by atoms with van der Waals surface area (Å²) in [6, 6.07) is 4.30. The van der Waals surface area contributed by atoms with Gasteiger partial charge in [-0.25, -0.2) is 14.2 Å². The molecule has 0 radical (unpaired) electrons. The van der Waals surface area contributed by atoms with Gasteiger partial charge in [-0.2, -0.15) is 0 Å². The van der Waals surface area contributed by atoms with E-state index in [1.807, 2.05) is 13.8 Å². The molecule has 0 saturated carbocycles. The molecule has 0 bridgehead atoms. The average Bonchev–Trinajstić information content (AvgIpc) is 2.67. The minimum absolute atomic E-state index is 0.278. The number of anilines is 1. The van der Waals surface area contributed by atoms with Gasteiger partial charge >= 0.3 is 6.09 Å². The first-order chi connectivity index (χ1) is 8.54. The van der Waals surface area contributed by atoms with Gasteiger partial charge in [0.25, 0.3) is 0 Å². The van der Waals surface area contributed by atoms with E-state index >= 15 is 0 Å². The van der Waals surface area contributed by atoms with Crippen LogP contribution in [-0.4, -0.2) is 17.7 Å². The van der Waals surface area contributed by atoms with Crippen molar-refractivity contribution < 1.29 is 13.9 Å². The maximum absolute atomic E-state index is 13.0. The van der Waals surface area contributed by atoms with Gasteiger partial charge in [0.05, 0.1) is 16.8 Å². The number of nitrogens with zero attached hydrogens (tertiary/aromatic N) is 1. The molecule has 0 aliphatic heterocycles. The van der Waals surface area contributed by atoms with Crippen LogP contribution < -0.4 is 5.32 Å². The second-order valence-electron chi connectivity index (χ2n) is 4.25. The summed E-state index contributed by atoms with van der Waals surface area (Å²) in [6.45, 7) is 4.26. The molecule has 96 valence electrons. The number of hydrogen-bond acceptors (Lipinski definition) is 4. The summed E-state index contributed by atoms with van der Waals surface area (Å²) in [4.78, 5) is 15.6. The van der Waals surface area contributed by atoms with Crippen molar-refractivity contribution >= 4 is 32.8 Å². The molecule has 18 heavy (non-hydrogen) atoms. The van der Waals surface area contributed by atoms with Crippen molar-refractivity contribution in [2.24, 2.45) is 5.92 Å². The highest BCUT2D eigenvalue weighted by molar-refractivity contribution is 7.22. The maximum Gasteiger partial charge on any atom is 0.413 e. The molecule has 1 amide bonds. The summed E-state index contributed by atoms with van der Waals surface area (Å²) in [7, 11) is 0. The van der Waals surface area contributed by atoms with Crippen LogP contribution in [0, 0.1) is 11.7 Å². The van der Waals surface area contributed by atoms with E-state index < -0.39 is 6.09 Å². The monoisotopic (exact) mass is 268 g/mol. The number of nitrogens with one attached hydrogen (secondary N) is 1. The van der Waals surface area contributed by atoms with E-state index in [1.165, 1.54) is 23.5 Å². The third-order valence-electron chi connectivity index (χ3n) is 2.11. The number of amides is 1. The highest BCUT2D eigenvalue weighted by Gasteiger charge is 2.09. The van der Waals surface area contributed by atoms with E-state index in [0.29, 0.717) is 22.0 Å². The summed E-state index contributed by atoms with van der Waals surface area (Å²) < 4.78 is 18.6. The van der Waals surface area contributed by atoms with Crippen molar-refractivity contribution in [3.8, 4) is 0 Å². The molecule has 6 heteroatoms. The number of halogens is 1. The fourth-order valence-corrected chi connectivity index (χ4v) is 2.19. The lowest BCUT2D eigenvalue weighted by molar-refractivity contribution is 0.147. The minimum atomic E-state index is -0.539. The Hall–Kier alpha value is -1.69. The second-order valence-corrected chi connectivity index (χ2v) is 5.28. The standard InChI is InChI=1S/C12H13FN2O2S/c1-7(2)6-17-12(16)15-11-14-9-4-3-8(13)5-10(9)18-11/h3-5,7H,6H2,1-2H3,(H,14,15,16). The lowest BCUT2D eigenvalue weighted by atomic mass is 10.2. The zero-order valence-corrected chi connectivity index (χ0v) is 10.9. The normalized spacial score (nSPS) is 10.9. The smallest absolute Gasteiger partial charge is 0.413 e. The molecule has 0 unspecified atom stereocenters. The number of carbonyl (C=O) groups excluding carboxylic acids is 1. The van der Waals surface area contributed by atoms with Crippen LogP contribution in [0.2, 0.25) is 0 Å². The average molecular weight is 268 g/mol. The number of hydrogen-bond donors (Lipinski definition) is 1. The molecule has 0 aliphatic carbocycles. The Morgan fingerprint density at radius 2 is 2.33 bits per heavy atom. The molecule has 0 aliphatic rings. The largest absolute Gasteiger partial charge is 0.449 e. The van der Waals surface area contributed by atoms with E-state index in [2.05, 4.69) is 10.3 Å². The Kier molecular flexibility index (Phi) is 3.76. The van der Waals surface area contributed by atoms with Crippen molar-refractivity contribution in [1.29, 1.82) is 0 Å². The Labute approximate surface area is 108 Å². The topological polar surface area (TPSA) is 51.2 Å². The molecule has 0 spiro atoms. The van der Waals surface area contributed by atoms with Crippen molar-refractivity contribution in [2.45, 2.75) is 13.8 Å². The van der Waals surface area contributed by atoms with Gasteiger partial charge in [0, 0.05) is 0 Å². The Morgan fingerprint density at radius 1 is 1.56 bits per heavy atom. The van der Waals surface area contributed by atoms with Crippen LogP contribution in [0.4, 0.5) is 14.3 Å². The molecule has 1 aromatic carbocycles. The molecule has 0 fully saturated rings. The molecule has 1 heterocycles. The number of benzene rings is 1. The van der Waals surface area contributed by atoms with Gasteiger partial charge in [0.15, 0.2) is 5.13 Å². The van der Waals surface area contributed by atoms with Gasteiger partial charge in [0.2, 0.25) is 0 Å². The van der Waals surface area contributed by atoms with Crippen molar-refractivity contribution in [2.75, 3.05) is 11.9 Å². The highest BCUT2D eigenvalue weighted by atomic mass is 32.1.